The van der Waals surface area contributed by atoms with E-state index in [1.807, 2.05) is 25.1 Å². The molecule has 0 saturated carbocycles. The van der Waals surface area contributed by atoms with Crippen LogP contribution in [0.3, 0.4) is 0 Å². The van der Waals surface area contributed by atoms with Crippen LogP contribution in [0, 0.1) is 12.8 Å². The van der Waals surface area contributed by atoms with Crippen molar-refractivity contribution in [1.29, 1.82) is 0 Å². The zero-order chi connectivity index (χ0) is 12.1. The second-order valence-electron chi connectivity index (χ2n) is 4.54. The summed E-state index contributed by atoms with van der Waals surface area (Å²) < 4.78 is 5.12. The third kappa shape index (κ3) is 3.37. The van der Waals surface area contributed by atoms with E-state index >= 15 is 0 Å². The minimum absolute atomic E-state index is 0.230. The van der Waals surface area contributed by atoms with Crippen LogP contribution in [-0.2, 0) is 0 Å². The minimum atomic E-state index is 0.230. The van der Waals surface area contributed by atoms with E-state index in [2.05, 4.69) is 13.8 Å². The SMILES string of the molecule is COc1ccc(C(=O)CCC(C)C)c(C)c1. The van der Waals surface area contributed by atoms with Crippen LogP contribution >= 0.6 is 0 Å². The number of aryl methyl sites for hydroxylation is 1. The van der Waals surface area contributed by atoms with Crippen molar-refractivity contribution in [3.63, 3.8) is 0 Å². The number of hydrogen-bond acceptors (Lipinski definition) is 2. The summed E-state index contributed by atoms with van der Waals surface area (Å²) in [6, 6.07) is 5.61. The Morgan fingerprint density at radius 3 is 2.56 bits per heavy atom. The van der Waals surface area contributed by atoms with Crippen molar-refractivity contribution in [2.45, 2.75) is 33.6 Å². The van der Waals surface area contributed by atoms with Crippen molar-refractivity contribution in [1.82, 2.24) is 0 Å². The Bertz CT molecular complexity index is 367. The lowest BCUT2D eigenvalue weighted by Crippen LogP contribution is -2.03. The van der Waals surface area contributed by atoms with Gasteiger partial charge in [-0.1, -0.05) is 13.8 Å². The molecule has 88 valence electrons. The summed E-state index contributed by atoms with van der Waals surface area (Å²) in [5.41, 5.74) is 1.81. The van der Waals surface area contributed by atoms with Gasteiger partial charge >= 0.3 is 0 Å². The third-order valence-corrected chi connectivity index (χ3v) is 2.68. The van der Waals surface area contributed by atoms with Crippen LogP contribution in [0.5, 0.6) is 5.75 Å². The molecule has 0 heterocycles. The first kappa shape index (κ1) is 12.8. The van der Waals surface area contributed by atoms with Gasteiger partial charge in [0.2, 0.25) is 0 Å². The molecular formula is C14H20O2. The van der Waals surface area contributed by atoms with Crippen molar-refractivity contribution >= 4 is 5.78 Å². The summed E-state index contributed by atoms with van der Waals surface area (Å²) in [7, 11) is 1.63. The average molecular weight is 220 g/mol. The number of ketones is 1. The molecule has 1 rings (SSSR count). The van der Waals surface area contributed by atoms with Gasteiger partial charge in [0, 0.05) is 12.0 Å². The lowest BCUT2D eigenvalue weighted by Gasteiger charge is -2.08. The fraction of sp³-hybridized carbons (Fsp3) is 0.500. The molecule has 1 aromatic carbocycles. The maximum absolute atomic E-state index is 11.9. The number of rotatable bonds is 5. The number of ether oxygens (including phenoxy) is 1. The van der Waals surface area contributed by atoms with E-state index in [1.54, 1.807) is 7.11 Å². The first-order valence-corrected chi connectivity index (χ1v) is 5.72. The Labute approximate surface area is 97.6 Å². The third-order valence-electron chi connectivity index (χ3n) is 2.68. The topological polar surface area (TPSA) is 26.3 Å². The summed E-state index contributed by atoms with van der Waals surface area (Å²) in [6.07, 6.45) is 1.58. The van der Waals surface area contributed by atoms with Gasteiger partial charge in [0.15, 0.2) is 5.78 Å². The van der Waals surface area contributed by atoms with Gasteiger partial charge in [0.05, 0.1) is 7.11 Å². The highest BCUT2D eigenvalue weighted by atomic mass is 16.5. The van der Waals surface area contributed by atoms with Crippen LogP contribution in [0.15, 0.2) is 18.2 Å². The second kappa shape index (κ2) is 5.69. The molecule has 0 spiro atoms. The highest BCUT2D eigenvalue weighted by Gasteiger charge is 2.10. The molecule has 0 aromatic heterocycles. The summed E-state index contributed by atoms with van der Waals surface area (Å²) >= 11 is 0. The van der Waals surface area contributed by atoms with Crippen LogP contribution in [0.4, 0.5) is 0 Å². The van der Waals surface area contributed by atoms with E-state index in [-0.39, 0.29) is 5.78 Å². The van der Waals surface area contributed by atoms with E-state index in [9.17, 15) is 4.79 Å². The molecule has 0 radical (unpaired) electrons. The lowest BCUT2D eigenvalue weighted by atomic mass is 9.98. The maximum Gasteiger partial charge on any atom is 0.163 e. The number of carbonyl (C=O) groups is 1. The Balaban J connectivity index is 2.76. The predicted octanol–water partition coefficient (Wildman–Crippen LogP) is 3.62. The first-order valence-electron chi connectivity index (χ1n) is 5.72. The van der Waals surface area contributed by atoms with Crippen LogP contribution in [0.1, 0.15) is 42.6 Å². The number of carbonyl (C=O) groups excluding carboxylic acids is 1. The first-order chi connectivity index (χ1) is 7.54. The Kier molecular flexibility index (Phi) is 4.53. The molecule has 0 bridgehead atoms. The number of methoxy groups -OCH3 is 1. The molecule has 2 nitrogen and oxygen atoms in total. The van der Waals surface area contributed by atoms with Gasteiger partial charge in [-0.2, -0.15) is 0 Å². The number of hydrogen-bond donors (Lipinski definition) is 0. The fourth-order valence-electron chi connectivity index (χ4n) is 1.63. The zero-order valence-electron chi connectivity index (χ0n) is 10.5. The van der Waals surface area contributed by atoms with Gasteiger partial charge in [-0.3, -0.25) is 4.79 Å². The molecule has 0 aliphatic rings. The lowest BCUT2D eigenvalue weighted by molar-refractivity contribution is 0.0975. The van der Waals surface area contributed by atoms with Crippen molar-refractivity contribution in [3.8, 4) is 5.75 Å². The Hall–Kier alpha value is -1.31. The highest BCUT2D eigenvalue weighted by Crippen LogP contribution is 2.19. The number of benzene rings is 1. The molecule has 1 aromatic rings. The summed E-state index contributed by atoms with van der Waals surface area (Å²) in [6.45, 7) is 6.22. The standard InChI is InChI=1S/C14H20O2/c1-10(2)5-8-14(15)13-7-6-12(16-4)9-11(13)3/h6-7,9-10H,5,8H2,1-4H3. The van der Waals surface area contributed by atoms with E-state index in [0.717, 1.165) is 23.3 Å². The zero-order valence-corrected chi connectivity index (χ0v) is 10.5. The largest absolute Gasteiger partial charge is 0.497 e. The molecule has 0 atom stereocenters. The van der Waals surface area contributed by atoms with Crippen LogP contribution in [-0.4, -0.2) is 12.9 Å². The number of Topliss-reactive ketones (excluding diaryl/α,β-unsaturated/α-hetero) is 1. The summed E-state index contributed by atoms with van der Waals surface area (Å²) in [5.74, 6) is 1.61. The van der Waals surface area contributed by atoms with Crippen molar-refractivity contribution < 1.29 is 9.53 Å². The predicted molar refractivity (Wildman–Crippen MR) is 66.1 cm³/mol. The van der Waals surface area contributed by atoms with Gasteiger partial charge in [0.25, 0.3) is 0 Å². The molecule has 0 N–H and O–H groups in total. The summed E-state index contributed by atoms with van der Waals surface area (Å²) in [4.78, 5) is 11.9. The van der Waals surface area contributed by atoms with Crippen LogP contribution in [0.25, 0.3) is 0 Å². The quantitative estimate of drug-likeness (QED) is 0.708. The molecule has 16 heavy (non-hydrogen) atoms. The smallest absolute Gasteiger partial charge is 0.163 e. The molecule has 0 aliphatic carbocycles. The average Bonchev–Trinajstić information content (AvgIpc) is 2.25. The van der Waals surface area contributed by atoms with Gasteiger partial charge in [-0.15, -0.1) is 0 Å². The summed E-state index contributed by atoms with van der Waals surface area (Å²) in [5, 5.41) is 0. The van der Waals surface area contributed by atoms with Gasteiger partial charge < -0.3 is 4.74 Å². The molecule has 2 heteroatoms. The molecule has 0 saturated heterocycles. The van der Waals surface area contributed by atoms with Crippen molar-refractivity contribution in [2.75, 3.05) is 7.11 Å². The van der Waals surface area contributed by atoms with E-state index in [1.165, 1.54) is 0 Å². The highest BCUT2D eigenvalue weighted by molar-refractivity contribution is 5.97. The van der Waals surface area contributed by atoms with Crippen molar-refractivity contribution in [3.05, 3.63) is 29.3 Å². The minimum Gasteiger partial charge on any atom is -0.497 e. The Morgan fingerprint density at radius 2 is 2.06 bits per heavy atom. The normalized spacial score (nSPS) is 10.6. The molecule has 0 fully saturated rings. The van der Waals surface area contributed by atoms with Gasteiger partial charge in [-0.05, 0) is 43.0 Å². The van der Waals surface area contributed by atoms with Crippen LogP contribution < -0.4 is 4.74 Å². The molecule has 0 unspecified atom stereocenters. The fourth-order valence-corrected chi connectivity index (χ4v) is 1.63. The van der Waals surface area contributed by atoms with E-state index in [0.29, 0.717) is 12.3 Å². The van der Waals surface area contributed by atoms with E-state index in [4.69, 9.17) is 4.74 Å². The van der Waals surface area contributed by atoms with Gasteiger partial charge in [-0.25, -0.2) is 0 Å². The monoisotopic (exact) mass is 220 g/mol. The molecule has 0 aliphatic heterocycles. The maximum atomic E-state index is 11.9. The van der Waals surface area contributed by atoms with Crippen LogP contribution in [0.2, 0.25) is 0 Å². The second-order valence-corrected chi connectivity index (χ2v) is 4.54. The van der Waals surface area contributed by atoms with Crippen molar-refractivity contribution in [2.24, 2.45) is 5.92 Å². The molecule has 0 amide bonds. The van der Waals surface area contributed by atoms with Gasteiger partial charge in [0.1, 0.15) is 5.75 Å². The molecular weight excluding hydrogens is 200 g/mol. The van der Waals surface area contributed by atoms with E-state index < -0.39 is 0 Å². The Morgan fingerprint density at radius 1 is 1.38 bits per heavy atom.